The Bertz CT molecular complexity index is 1040. The molecule has 1 aliphatic heterocycles. The normalized spacial score (nSPS) is 15.0. The molecule has 6 heteroatoms. The van der Waals surface area contributed by atoms with Crippen molar-refractivity contribution in [3.05, 3.63) is 77.0 Å². The topological polar surface area (TPSA) is 74.4 Å². The van der Waals surface area contributed by atoms with Crippen LogP contribution in [0.15, 0.2) is 54.9 Å². The molecule has 6 nitrogen and oxygen atoms in total. The third-order valence-corrected chi connectivity index (χ3v) is 5.03. The Morgan fingerprint density at radius 3 is 2.71 bits per heavy atom. The molecule has 1 aliphatic rings. The minimum Gasteiger partial charge on any atom is -0.508 e. The van der Waals surface area contributed by atoms with E-state index in [-0.39, 0.29) is 11.7 Å². The summed E-state index contributed by atoms with van der Waals surface area (Å²) in [6.45, 7) is 1.67. The lowest BCUT2D eigenvalue weighted by molar-refractivity contribution is 0.378. The number of nitrogens with one attached hydrogen (secondary N) is 1. The molecule has 2 aromatic carbocycles. The highest BCUT2D eigenvalue weighted by Crippen LogP contribution is 2.45. The number of ether oxygens (including phenoxy) is 1. The number of phenolic OH excluding ortho intramolecular Hbond substituents is 1. The first kappa shape index (κ1) is 18.3. The third kappa shape index (κ3) is 3.39. The predicted molar refractivity (Wildman–Crippen MR) is 107 cm³/mol. The van der Waals surface area contributed by atoms with Crippen LogP contribution in [-0.4, -0.2) is 40.2 Å². The monoisotopic (exact) mass is 376 g/mol. The van der Waals surface area contributed by atoms with E-state index in [0.717, 1.165) is 36.2 Å². The third-order valence-electron chi connectivity index (χ3n) is 5.03. The van der Waals surface area contributed by atoms with Crippen LogP contribution in [0.25, 0.3) is 0 Å². The van der Waals surface area contributed by atoms with Crippen molar-refractivity contribution in [1.29, 1.82) is 5.41 Å². The zero-order valence-electron chi connectivity index (χ0n) is 16.1. The predicted octanol–water partition coefficient (Wildman–Crippen LogP) is 3.31. The number of phenols is 1. The van der Waals surface area contributed by atoms with Crippen LogP contribution >= 0.6 is 0 Å². The number of benzene rings is 2. The number of aryl methyl sites for hydroxylation is 1. The SMILES string of the molecule is CN(C)CCCn1cnc2c(c1=N)[C@@H](c1ccccc1)c1ccc(O)cc1O2. The van der Waals surface area contributed by atoms with Crippen LogP contribution in [0.1, 0.15) is 29.0 Å². The maximum atomic E-state index is 9.89. The van der Waals surface area contributed by atoms with Crippen LogP contribution in [-0.2, 0) is 6.54 Å². The van der Waals surface area contributed by atoms with Gasteiger partial charge in [0.25, 0.3) is 0 Å². The molecule has 4 rings (SSSR count). The maximum Gasteiger partial charge on any atom is 0.228 e. The van der Waals surface area contributed by atoms with Crippen LogP contribution in [0.3, 0.4) is 0 Å². The van der Waals surface area contributed by atoms with Crippen LogP contribution in [0, 0.1) is 5.41 Å². The molecule has 0 saturated heterocycles. The zero-order chi connectivity index (χ0) is 19.7. The molecule has 0 unspecified atom stereocenters. The summed E-state index contributed by atoms with van der Waals surface area (Å²) in [5, 5.41) is 18.7. The smallest absolute Gasteiger partial charge is 0.228 e. The van der Waals surface area contributed by atoms with E-state index in [1.165, 1.54) is 0 Å². The number of nitrogens with zero attached hydrogens (tertiary/aromatic N) is 3. The van der Waals surface area contributed by atoms with Gasteiger partial charge in [-0.2, -0.15) is 0 Å². The van der Waals surface area contributed by atoms with E-state index in [2.05, 4.69) is 22.0 Å². The van der Waals surface area contributed by atoms with Gasteiger partial charge in [-0.1, -0.05) is 36.4 Å². The molecule has 0 spiro atoms. The highest BCUT2D eigenvalue weighted by atomic mass is 16.5. The summed E-state index contributed by atoms with van der Waals surface area (Å²) in [7, 11) is 4.09. The van der Waals surface area contributed by atoms with Crippen LogP contribution in [0.5, 0.6) is 17.4 Å². The number of hydrogen-bond donors (Lipinski definition) is 2. The standard InChI is InChI=1S/C22H24N4O2/c1-25(2)11-6-12-26-14-24-22-20(21(26)23)19(15-7-4-3-5-8-15)17-10-9-16(27)13-18(17)28-22/h3-5,7-10,13-14,19,23,27H,6,11-12H2,1-2H3/t19-/m0/s1. The molecule has 0 aliphatic carbocycles. The average molecular weight is 376 g/mol. The first-order chi connectivity index (χ1) is 13.5. The second kappa shape index (κ2) is 7.48. The minimum atomic E-state index is -0.165. The summed E-state index contributed by atoms with van der Waals surface area (Å²) in [4.78, 5) is 6.64. The lowest BCUT2D eigenvalue weighted by Gasteiger charge is -2.28. The largest absolute Gasteiger partial charge is 0.508 e. The first-order valence-corrected chi connectivity index (χ1v) is 9.39. The van der Waals surface area contributed by atoms with Gasteiger partial charge in [-0.25, -0.2) is 4.98 Å². The Balaban J connectivity index is 1.83. The lowest BCUT2D eigenvalue weighted by Crippen LogP contribution is -2.30. The molecule has 2 heterocycles. The number of aromatic hydroxyl groups is 1. The first-order valence-electron chi connectivity index (χ1n) is 9.39. The summed E-state index contributed by atoms with van der Waals surface area (Å²) in [5.41, 5.74) is 3.17. The van der Waals surface area contributed by atoms with E-state index in [0.29, 0.717) is 17.1 Å². The van der Waals surface area contributed by atoms with Crippen molar-refractivity contribution in [1.82, 2.24) is 14.5 Å². The molecule has 0 bridgehead atoms. The highest BCUT2D eigenvalue weighted by molar-refractivity contribution is 5.57. The van der Waals surface area contributed by atoms with E-state index in [1.807, 2.05) is 42.9 Å². The molecule has 144 valence electrons. The van der Waals surface area contributed by atoms with E-state index in [4.69, 9.17) is 10.1 Å². The number of hydrogen-bond acceptors (Lipinski definition) is 5. The molecule has 1 aromatic heterocycles. The van der Waals surface area contributed by atoms with Gasteiger partial charge in [-0.15, -0.1) is 0 Å². The van der Waals surface area contributed by atoms with Gasteiger partial charge < -0.3 is 19.3 Å². The average Bonchev–Trinajstić information content (AvgIpc) is 2.68. The van der Waals surface area contributed by atoms with E-state index < -0.39 is 0 Å². The van der Waals surface area contributed by atoms with Crippen molar-refractivity contribution >= 4 is 0 Å². The number of rotatable bonds is 5. The van der Waals surface area contributed by atoms with E-state index in [1.54, 1.807) is 18.5 Å². The molecule has 0 saturated carbocycles. The van der Waals surface area contributed by atoms with Crippen molar-refractivity contribution in [3.8, 4) is 17.4 Å². The molecule has 0 fully saturated rings. The Labute approximate surface area is 164 Å². The van der Waals surface area contributed by atoms with Crippen molar-refractivity contribution in [3.63, 3.8) is 0 Å². The molecular formula is C22H24N4O2. The Hall–Kier alpha value is -3.12. The van der Waals surface area contributed by atoms with Crippen LogP contribution in [0.2, 0.25) is 0 Å². The fourth-order valence-electron chi connectivity index (χ4n) is 3.68. The van der Waals surface area contributed by atoms with Crippen molar-refractivity contribution in [2.45, 2.75) is 18.9 Å². The van der Waals surface area contributed by atoms with Gasteiger partial charge in [0.2, 0.25) is 5.88 Å². The second-order valence-corrected chi connectivity index (χ2v) is 7.33. The lowest BCUT2D eigenvalue weighted by atomic mass is 9.84. The highest BCUT2D eigenvalue weighted by Gasteiger charge is 2.32. The second-order valence-electron chi connectivity index (χ2n) is 7.33. The van der Waals surface area contributed by atoms with Gasteiger partial charge in [0.05, 0.1) is 5.56 Å². The summed E-state index contributed by atoms with van der Waals surface area (Å²) in [6.07, 6.45) is 2.61. The van der Waals surface area contributed by atoms with Gasteiger partial charge >= 0.3 is 0 Å². The summed E-state index contributed by atoms with van der Waals surface area (Å²) >= 11 is 0. The quantitative estimate of drug-likeness (QED) is 0.560. The maximum absolute atomic E-state index is 9.89. The van der Waals surface area contributed by atoms with Crippen molar-refractivity contribution < 1.29 is 9.84 Å². The fraction of sp³-hybridized carbons (Fsp3) is 0.273. The summed E-state index contributed by atoms with van der Waals surface area (Å²) in [5.74, 6) is 0.996. The van der Waals surface area contributed by atoms with E-state index >= 15 is 0 Å². The molecule has 0 amide bonds. The van der Waals surface area contributed by atoms with Crippen molar-refractivity contribution in [2.75, 3.05) is 20.6 Å². The van der Waals surface area contributed by atoms with Gasteiger partial charge in [-0.05, 0) is 38.7 Å². The van der Waals surface area contributed by atoms with Crippen LogP contribution in [0.4, 0.5) is 0 Å². The summed E-state index contributed by atoms with van der Waals surface area (Å²) < 4.78 is 7.86. The molecular weight excluding hydrogens is 352 g/mol. The molecule has 1 atom stereocenters. The zero-order valence-corrected chi connectivity index (χ0v) is 16.1. The minimum absolute atomic E-state index is 0.148. The summed E-state index contributed by atoms with van der Waals surface area (Å²) in [6, 6.07) is 15.2. The van der Waals surface area contributed by atoms with Crippen LogP contribution < -0.4 is 10.2 Å². The molecule has 2 N–H and O–H groups in total. The van der Waals surface area contributed by atoms with Gasteiger partial charge in [0.15, 0.2) is 0 Å². The van der Waals surface area contributed by atoms with Gasteiger partial charge in [-0.3, -0.25) is 5.41 Å². The number of fused-ring (bicyclic) bond motifs is 2. The Morgan fingerprint density at radius 1 is 1.18 bits per heavy atom. The molecule has 3 aromatic rings. The van der Waals surface area contributed by atoms with Gasteiger partial charge in [0, 0.05) is 24.1 Å². The van der Waals surface area contributed by atoms with Gasteiger partial charge in [0.1, 0.15) is 23.3 Å². The molecule has 0 radical (unpaired) electrons. The Morgan fingerprint density at radius 2 is 1.96 bits per heavy atom. The Kier molecular flexibility index (Phi) is 4.88. The van der Waals surface area contributed by atoms with Crippen molar-refractivity contribution in [2.24, 2.45) is 0 Å². The molecule has 28 heavy (non-hydrogen) atoms. The fourth-order valence-corrected chi connectivity index (χ4v) is 3.68. The van der Waals surface area contributed by atoms with E-state index in [9.17, 15) is 5.11 Å². The number of aromatic nitrogens is 2.